The number of hydrogen-bond acceptors (Lipinski definition) is 8. The van der Waals surface area contributed by atoms with Crippen molar-refractivity contribution in [2.45, 2.75) is 20.8 Å². The maximum atomic E-state index is 13.8. The molecular weight excluding hydrogens is 638 g/mol. The molecule has 0 spiro atoms. The van der Waals surface area contributed by atoms with E-state index in [0.29, 0.717) is 22.0 Å². The Kier molecular flexibility index (Phi) is 9.98. The fourth-order valence-electron chi connectivity index (χ4n) is 5.71. The summed E-state index contributed by atoms with van der Waals surface area (Å²) in [5.41, 5.74) is 6.31. The molecule has 1 atom stereocenters. The maximum Gasteiger partial charge on any atom is 0.337 e. The Labute approximate surface area is 289 Å². The number of carbonyl (C=O) groups is 2. The van der Waals surface area contributed by atoms with Crippen molar-refractivity contribution in [1.82, 2.24) is 24.8 Å². The normalized spacial score (nSPS) is 14.4. The van der Waals surface area contributed by atoms with Crippen LogP contribution in [0.1, 0.15) is 36.4 Å². The van der Waals surface area contributed by atoms with Crippen molar-refractivity contribution in [3.05, 3.63) is 142 Å². The number of hydrogen-bond donors (Lipinski definition) is 1. The van der Waals surface area contributed by atoms with Gasteiger partial charge in [0.1, 0.15) is 11.3 Å². The number of fused-ring (bicyclic) bond motifs is 1. The molecule has 49 heavy (non-hydrogen) atoms. The van der Waals surface area contributed by atoms with E-state index in [4.69, 9.17) is 21.1 Å². The van der Waals surface area contributed by atoms with E-state index in [9.17, 15) is 9.59 Å². The Balaban J connectivity index is 1.40. The number of dihydropyridines is 1. The van der Waals surface area contributed by atoms with E-state index < -0.39 is 17.9 Å². The van der Waals surface area contributed by atoms with Crippen LogP contribution in [0.25, 0.3) is 28.5 Å². The zero-order valence-corrected chi connectivity index (χ0v) is 27.9. The standard InChI is InChI=1S/C39H32ClN5O4/c1-4-48-39(47)36-31(18-15-28-11-5-6-12-32(28)40)35(38(46)49-22-8-10-27-9-7-20-41-23-27)25(2)43-37(36)29-13-16-30(17-14-29)45-26(3)44-33-24-42-21-19-34(33)45/h5-7,9,11-21,23-24,31,43H,4,22H2,1-3H3/b18-15+. The molecule has 4 heterocycles. The average molecular weight is 670 g/mol. The summed E-state index contributed by atoms with van der Waals surface area (Å²) in [5.74, 6) is 4.59. The van der Waals surface area contributed by atoms with Gasteiger partial charge in [0.25, 0.3) is 0 Å². The molecular formula is C39H32ClN5O4. The van der Waals surface area contributed by atoms with Gasteiger partial charge in [0.05, 0.1) is 35.2 Å². The van der Waals surface area contributed by atoms with E-state index in [2.05, 4.69) is 32.1 Å². The fourth-order valence-corrected chi connectivity index (χ4v) is 5.91. The Morgan fingerprint density at radius 1 is 0.939 bits per heavy atom. The molecule has 6 rings (SSSR count). The van der Waals surface area contributed by atoms with Crippen molar-refractivity contribution >= 4 is 46.3 Å². The number of allylic oxidation sites excluding steroid dienone is 2. The van der Waals surface area contributed by atoms with E-state index in [-0.39, 0.29) is 24.4 Å². The lowest BCUT2D eigenvalue weighted by Gasteiger charge is -2.30. The summed E-state index contributed by atoms with van der Waals surface area (Å²) in [5, 5.41) is 3.86. The number of aryl methyl sites for hydroxylation is 1. The van der Waals surface area contributed by atoms with Crippen molar-refractivity contribution < 1.29 is 19.1 Å². The molecule has 0 saturated carbocycles. The van der Waals surface area contributed by atoms with Crippen LogP contribution >= 0.6 is 11.6 Å². The zero-order chi connectivity index (χ0) is 34.3. The molecule has 0 radical (unpaired) electrons. The first-order valence-corrected chi connectivity index (χ1v) is 16.0. The number of benzene rings is 2. The predicted octanol–water partition coefficient (Wildman–Crippen LogP) is 6.85. The number of ether oxygens (including phenoxy) is 2. The van der Waals surface area contributed by atoms with Crippen LogP contribution in [0.15, 0.2) is 114 Å². The number of rotatable bonds is 8. The Morgan fingerprint density at radius 2 is 1.71 bits per heavy atom. The van der Waals surface area contributed by atoms with E-state index in [1.807, 2.05) is 66.1 Å². The third-order valence-corrected chi connectivity index (χ3v) is 8.25. The van der Waals surface area contributed by atoms with Gasteiger partial charge in [-0.3, -0.25) is 14.5 Å². The Hall–Kier alpha value is -5.98. The van der Waals surface area contributed by atoms with Gasteiger partial charge in [-0.2, -0.15) is 0 Å². The monoisotopic (exact) mass is 669 g/mol. The lowest BCUT2D eigenvalue weighted by atomic mass is 9.83. The van der Waals surface area contributed by atoms with Crippen LogP contribution in [0.5, 0.6) is 0 Å². The summed E-state index contributed by atoms with van der Waals surface area (Å²) in [7, 11) is 0. The van der Waals surface area contributed by atoms with Crippen LogP contribution in [0.4, 0.5) is 0 Å². The second-order valence-electron chi connectivity index (χ2n) is 11.1. The molecule has 1 aliphatic rings. The molecule has 244 valence electrons. The van der Waals surface area contributed by atoms with E-state index in [1.165, 1.54) is 0 Å². The molecule has 0 fully saturated rings. The van der Waals surface area contributed by atoms with Crippen LogP contribution in [0.2, 0.25) is 5.02 Å². The Bertz CT molecular complexity index is 2190. The highest BCUT2D eigenvalue weighted by molar-refractivity contribution is 6.32. The van der Waals surface area contributed by atoms with Gasteiger partial charge in [-0.25, -0.2) is 14.6 Å². The molecule has 0 amide bonds. The number of esters is 2. The summed E-state index contributed by atoms with van der Waals surface area (Å²) in [4.78, 5) is 40.4. The number of carbonyl (C=O) groups excluding carboxylic acids is 2. The van der Waals surface area contributed by atoms with Gasteiger partial charge in [0.15, 0.2) is 6.61 Å². The maximum absolute atomic E-state index is 13.8. The minimum atomic E-state index is -0.836. The fraction of sp³-hybridized carbons (Fsp3) is 0.154. The predicted molar refractivity (Wildman–Crippen MR) is 189 cm³/mol. The number of pyridine rings is 2. The highest BCUT2D eigenvalue weighted by Gasteiger charge is 2.37. The molecule has 3 aromatic heterocycles. The molecule has 9 nitrogen and oxygen atoms in total. The van der Waals surface area contributed by atoms with Gasteiger partial charge in [-0.1, -0.05) is 65.9 Å². The van der Waals surface area contributed by atoms with Crippen LogP contribution < -0.4 is 5.32 Å². The molecule has 2 aromatic carbocycles. The largest absolute Gasteiger partial charge is 0.463 e. The summed E-state index contributed by atoms with van der Waals surface area (Å²) < 4.78 is 13.3. The van der Waals surface area contributed by atoms with Crippen molar-refractivity contribution in [1.29, 1.82) is 0 Å². The number of nitrogens with zero attached hydrogens (tertiary/aromatic N) is 4. The van der Waals surface area contributed by atoms with Crippen LogP contribution in [-0.4, -0.2) is 44.7 Å². The first-order chi connectivity index (χ1) is 23.9. The molecule has 0 saturated heterocycles. The lowest BCUT2D eigenvalue weighted by molar-refractivity contribution is -0.139. The minimum Gasteiger partial charge on any atom is -0.463 e. The average Bonchev–Trinajstić information content (AvgIpc) is 3.45. The third kappa shape index (κ3) is 7.15. The summed E-state index contributed by atoms with van der Waals surface area (Å²) in [6.45, 7) is 5.44. The van der Waals surface area contributed by atoms with Gasteiger partial charge in [-0.05, 0) is 68.3 Å². The minimum absolute atomic E-state index is 0.143. The molecule has 0 aliphatic carbocycles. The van der Waals surface area contributed by atoms with Gasteiger partial charge < -0.3 is 14.8 Å². The summed E-state index contributed by atoms with van der Waals surface area (Å²) in [6, 6.07) is 20.6. The van der Waals surface area contributed by atoms with E-state index in [1.54, 1.807) is 62.9 Å². The van der Waals surface area contributed by atoms with E-state index in [0.717, 1.165) is 33.7 Å². The van der Waals surface area contributed by atoms with Crippen molar-refractivity contribution in [3.63, 3.8) is 0 Å². The zero-order valence-electron chi connectivity index (χ0n) is 27.1. The second-order valence-corrected chi connectivity index (χ2v) is 11.5. The molecule has 1 unspecified atom stereocenters. The van der Waals surface area contributed by atoms with E-state index >= 15 is 0 Å². The second kappa shape index (κ2) is 14.8. The number of aromatic nitrogens is 4. The molecule has 1 N–H and O–H groups in total. The first-order valence-electron chi connectivity index (χ1n) is 15.6. The SMILES string of the molecule is CCOC(=O)C1=C(c2ccc(-n3c(C)nc4cnccc43)cc2)NC(C)=C(C(=O)OCC#Cc2cccnc2)C1/C=C/c1ccccc1Cl. The number of imidazole rings is 1. The summed E-state index contributed by atoms with van der Waals surface area (Å²) in [6.07, 6.45) is 10.3. The lowest BCUT2D eigenvalue weighted by Crippen LogP contribution is -2.33. The van der Waals surface area contributed by atoms with Crippen molar-refractivity contribution in [3.8, 4) is 17.5 Å². The van der Waals surface area contributed by atoms with Crippen molar-refractivity contribution in [2.24, 2.45) is 5.92 Å². The molecule has 1 aliphatic heterocycles. The van der Waals surface area contributed by atoms with Gasteiger partial charge in [0.2, 0.25) is 0 Å². The quantitative estimate of drug-likeness (QED) is 0.141. The smallest absolute Gasteiger partial charge is 0.337 e. The number of halogens is 1. The molecule has 0 bridgehead atoms. The van der Waals surface area contributed by atoms with Gasteiger partial charge in [-0.15, -0.1) is 0 Å². The van der Waals surface area contributed by atoms with Gasteiger partial charge in [0, 0.05) is 46.5 Å². The highest BCUT2D eigenvalue weighted by atomic mass is 35.5. The third-order valence-electron chi connectivity index (χ3n) is 7.90. The Morgan fingerprint density at radius 3 is 2.47 bits per heavy atom. The highest BCUT2D eigenvalue weighted by Crippen LogP contribution is 2.37. The first kappa shape index (κ1) is 32.9. The number of nitrogens with one attached hydrogen (secondary N) is 1. The summed E-state index contributed by atoms with van der Waals surface area (Å²) >= 11 is 6.48. The van der Waals surface area contributed by atoms with Crippen molar-refractivity contribution in [2.75, 3.05) is 13.2 Å². The van der Waals surface area contributed by atoms with Crippen LogP contribution in [-0.2, 0) is 19.1 Å². The topological polar surface area (TPSA) is 108 Å². The van der Waals surface area contributed by atoms with Gasteiger partial charge >= 0.3 is 11.9 Å². The molecule has 10 heteroatoms. The van der Waals surface area contributed by atoms with Crippen LogP contribution in [0.3, 0.4) is 0 Å². The van der Waals surface area contributed by atoms with Crippen LogP contribution in [0, 0.1) is 24.7 Å². The molecule has 5 aromatic rings.